The first-order chi connectivity index (χ1) is 10.9. The van der Waals surface area contributed by atoms with Crippen LogP contribution in [0, 0.1) is 10.1 Å². The van der Waals surface area contributed by atoms with E-state index in [1.807, 2.05) is 13.8 Å². The third-order valence-corrected chi connectivity index (χ3v) is 2.92. The molecule has 2 aromatic rings. The summed E-state index contributed by atoms with van der Waals surface area (Å²) in [7, 11) is 1.53. The monoisotopic (exact) mass is 315 g/mol. The Bertz CT molecular complexity index is 745. The Balaban J connectivity index is 2.14. The van der Waals surface area contributed by atoms with E-state index < -0.39 is 10.7 Å². The van der Waals surface area contributed by atoms with Gasteiger partial charge in [-0.15, -0.1) is 0 Å². The number of hydrogen-bond acceptors (Lipinski definition) is 5. The summed E-state index contributed by atoms with van der Waals surface area (Å²) in [5.41, 5.74) is 0.310. The zero-order valence-electron chi connectivity index (χ0n) is 13.1. The van der Waals surface area contributed by atoms with E-state index in [1.165, 1.54) is 24.0 Å². The van der Waals surface area contributed by atoms with E-state index in [4.69, 9.17) is 4.74 Å². The van der Waals surface area contributed by atoms with Crippen molar-refractivity contribution in [3.63, 3.8) is 0 Å². The summed E-state index contributed by atoms with van der Waals surface area (Å²) in [4.78, 5) is 22.4. The number of rotatable bonds is 6. The maximum Gasteiger partial charge on any atom is 0.318 e. The van der Waals surface area contributed by atoms with Crippen molar-refractivity contribution in [3.8, 4) is 5.75 Å². The van der Waals surface area contributed by atoms with Gasteiger partial charge >= 0.3 is 5.69 Å². The predicted octanol–water partition coefficient (Wildman–Crippen LogP) is 3.01. The second kappa shape index (κ2) is 6.87. The lowest BCUT2D eigenvalue weighted by Crippen LogP contribution is -2.05. The van der Waals surface area contributed by atoms with Gasteiger partial charge in [0.15, 0.2) is 0 Å². The molecule has 0 atom stereocenters. The molecule has 7 heteroatoms. The van der Waals surface area contributed by atoms with Gasteiger partial charge in [-0.3, -0.25) is 19.6 Å². The largest absolute Gasteiger partial charge is 0.491 e. The smallest absolute Gasteiger partial charge is 0.318 e. The van der Waals surface area contributed by atoms with Gasteiger partial charge in [0.05, 0.1) is 11.0 Å². The molecule has 1 aromatic heterocycles. The van der Waals surface area contributed by atoms with Gasteiger partial charge in [-0.05, 0) is 37.6 Å². The highest BCUT2D eigenvalue weighted by molar-refractivity contribution is 6.07. The van der Waals surface area contributed by atoms with E-state index in [1.54, 1.807) is 30.3 Å². The number of ketones is 1. The number of ether oxygens (including phenoxy) is 1. The van der Waals surface area contributed by atoms with Crippen LogP contribution in [0.1, 0.15) is 29.9 Å². The molecular weight excluding hydrogens is 298 g/mol. The van der Waals surface area contributed by atoms with Crippen molar-refractivity contribution in [1.29, 1.82) is 0 Å². The highest BCUT2D eigenvalue weighted by Gasteiger charge is 2.22. The second-order valence-corrected chi connectivity index (χ2v) is 5.23. The molecule has 0 N–H and O–H groups in total. The van der Waals surface area contributed by atoms with Crippen LogP contribution in [0.15, 0.2) is 36.5 Å². The molecule has 7 nitrogen and oxygen atoms in total. The summed E-state index contributed by atoms with van der Waals surface area (Å²) in [5, 5.41) is 14.7. The molecule has 120 valence electrons. The van der Waals surface area contributed by atoms with Crippen molar-refractivity contribution in [2.75, 3.05) is 0 Å². The topological polar surface area (TPSA) is 87.3 Å². The predicted molar refractivity (Wildman–Crippen MR) is 85.4 cm³/mol. The number of nitro groups is 1. The minimum Gasteiger partial charge on any atom is -0.491 e. The quantitative estimate of drug-likeness (QED) is 0.354. The molecule has 23 heavy (non-hydrogen) atoms. The third kappa shape index (κ3) is 4.26. The summed E-state index contributed by atoms with van der Waals surface area (Å²) in [6.45, 7) is 3.87. The molecular formula is C16H17N3O4. The van der Waals surface area contributed by atoms with Crippen LogP contribution in [-0.2, 0) is 7.05 Å². The summed E-state index contributed by atoms with van der Waals surface area (Å²) >= 11 is 0. The molecule has 0 aliphatic carbocycles. The molecule has 0 amide bonds. The van der Waals surface area contributed by atoms with Crippen LogP contribution in [0.5, 0.6) is 5.75 Å². The highest BCUT2D eigenvalue weighted by atomic mass is 16.6. The molecule has 0 saturated heterocycles. The first-order valence-electron chi connectivity index (χ1n) is 7.04. The molecule has 0 aliphatic heterocycles. The maximum absolute atomic E-state index is 12.1. The van der Waals surface area contributed by atoms with Gasteiger partial charge in [-0.25, -0.2) is 0 Å². The Labute approximate surface area is 133 Å². The number of benzene rings is 1. The Morgan fingerprint density at radius 3 is 2.57 bits per heavy atom. The van der Waals surface area contributed by atoms with Crippen LogP contribution < -0.4 is 4.74 Å². The fourth-order valence-corrected chi connectivity index (χ4v) is 1.97. The third-order valence-electron chi connectivity index (χ3n) is 2.92. The van der Waals surface area contributed by atoms with Gasteiger partial charge in [0.2, 0.25) is 11.5 Å². The Morgan fingerprint density at radius 1 is 1.35 bits per heavy atom. The minimum absolute atomic E-state index is 0.0858. The number of aromatic nitrogens is 2. The minimum atomic E-state index is -0.619. The molecule has 0 fully saturated rings. The lowest BCUT2D eigenvalue weighted by molar-refractivity contribution is -0.385. The maximum atomic E-state index is 12.1. The van der Waals surface area contributed by atoms with Crippen LogP contribution in [0.4, 0.5) is 5.69 Å². The number of nitrogens with zero attached hydrogens (tertiary/aromatic N) is 3. The van der Waals surface area contributed by atoms with Crippen molar-refractivity contribution >= 4 is 17.5 Å². The normalized spacial score (nSPS) is 11.1. The number of allylic oxidation sites excluding steroid dienone is 1. The first-order valence-corrected chi connectivity index (χ1v) is 7.04. The Morgan fingerprint density at radius 2 is 2.00 bits per heavy atom. The molecule has 0 spiro atoms. The molecule has 1 aromatic carbocycles. The van der Waals surface area contributed by atoms with Crippen LogP contribution >= 0.6 is 0 Å². The molecule has 0 unspecified atom stereocenters. The van der Waals surface area contributed by atoms with Crippen molar-refractivity contribution in [2.24, 2.45) is 7.05 Å². The fourth-order valence-electron chi connectivity index (χ4n) is 1.97. The van der Waals surface area contributed by atoms with Crippen LogP contribution in [-0.4, -0.2) is 26.6 Å². The van der Waals surface area contributed by atoms with E-state index >= 15 is 0 Å². The zero-order chi connectivity index (χ0) is 17.0. The van der Waals surface area contributed by atoms with Crippen LogP contribution in [0.25, 0.3) is 6.08 Å². The Kier molecular flexibility index (Phi) is 4.90. The number of carbonyl (C=O) groups excluding carboxylic acids is 1. The Hall–Kier alpha value is -2.96. The summed E-state index contributed by atoms with van der Waals surface area (Å²) in [6.07, 6.45) is 4.15. The van der Waals surface area contributed by atoms with Crippen LogP contribution in [0.2, 0.25) is 0 Å². The van der Waals surface area contributed by atoms with E-state index in [0.717, 1.165) is 11.3 Å². The molecule has 0 aliphatic rings. The zero-order valence-corrected chi connectivity index (χ0v) is 13.1. The fraction of sp³-hybridized carbons (Fsp3) is 0.250. The molecule has 0 bridgehead atoms. The molecule has 2 rings (SSSR count). The van der Waals surface area contributed by atoms with Gasteiger partial charge in [0.1, 0.15) is 11.9 Å². The second-order valence-electron chi connectivity index (χ2n) is 5.23. The molecule has 0 saturated carbocycles. The van der Waals surface area contributed by atoms with Gasteiger partial charge in [0.25, 0.3) is 0 Å². The standard InChI is InChI=1S/C16H17N3O4/c1-11(2)23-13-7-4-12(5-8-13)6-9-15(20)16-14(19(21)22)10-18(3)17-16/h4-11H,1-3H3/b9-6+. The van der Waals surface area contributed by atoms with Crippen molar-refractivity contribution in [2.45, 2.75) is 20.0 Å². The van der Waals surface area contributed by atoms with E-state index in [0.29, 0.717) is 0 Å². The van der Waals surface area contributed by atoms with Crippen molar-refractivity contribution in [3.05, 3.63) is 57.9 Å². The summed E-state index contributed by atoms with van der Waals surface area (Å²) in [6, 6.07) is 7.20. The number of aryl methyl sites for hydroxylation is 1. The lowest BCUT2D eigenvalue weighted by atomic mass is 10.1. The average Bonchev–Trinajstić information content (AvgIpc) is 2.88. The number of hydrogen-bond donors (Lipinski definition) is 0. The highest BCUT2D eigenvalue weighted by Crippen LogP contribution is 2.18. The lowest BCUT2D eigenvalue weighted by Gasteiger charge is -2.09. The van der Waals surface area contributed by atoms with Crippen molar-refractivity contribution in [1.82, 2.24) is 9.78 Å². The average molecular weight is 315 g/mol. The van der Waals surface area contributed by atoms with Gasteiger partial charge in [-0.2, -0.15) is 5.10 Å². The summed E-state index contributed by atoms with van der Waals surface area (Å²) in [5.74, 6) is 0.226. The van der Waals surface area contributed by atoms with E-state index in [9.17, 15) is 14.9 Å². The molecule has 1 heterocycles. The van der Waals surface area contributed by atoms with Crippen LogP contribution in [0.3, 0.4) is 0 Å². The SMILES string of the molecule is CC(C)Oc1ccc(/C=C/C(=O)c2nn(C)cc2[N+](=O)[O-])cc1. The van der Waals surface area contributed by atoms with Crippen molar-refractivity contribution < 1.29 is 14.5 Å². The molecule has 0 radical (unpaired) electrons. The van der Waals surface area contributed by atoms with E-state index in [-0.39, 0.29) is 17.5 Å². The van der Waals surface area contributed by atoms with Gasteiger partial charge < -0.3 is 4.74 Å². The van der Waals surface area contributed by atoms with Gasteiger partial charge in [0, 0.05) is 7.05 Å². The number of carbonyl (C=O) groups is 1. The van der Waals surface area contributed by atoms with Gasteiger partial charge in [-0.1, -0.05) is 18.2 Å². The summed E-state index contributed by atoms with van der Waals surface area (Å²) < 4.78 is 6.78. The first kappa shape index (κ1) is 16.4. The van der Waals surface area contributed by atoms with E-state index in [2.05, 4.69) is 5.10 Å².